The topological polar surface area (TPSA) is 0 Å². The molecule has 224 valence electrons. The quantitative estimate of drug-likeness (QED) is 0.117. The molecule has 0 heterocycles. The molecule has 0 aliphatic rings. The molecule has 0 amide bonds. The molecule has 0 fully saturated rings. The molecule has 0 N–H and O–H groups in total. The average molecular weight is 672 g/mol. The fourth-order valence-electron chi connectivity index (χ4n) is 4.81. The fourth-order valence-corrected chi connectivity index (χ4v) is 5.25. The van der Waals surface area contributed by atoms with Gasteiger partial charge in [0.2, 0.25) is 0 Å². The Labute approximate surface area is 289 Å². The molecule has 0 bridgehead atoms. The Kier molecular flexibility index (Phi) is 17.7. The van der Waals surface area contributed by atoms with E-state index in [0.717, 1.165) is 12.8 Å². The summed E-state index contributed by atoms with van der Waals surface area (Å²) in [6.07, 6.45) is 8.01. The van der Waals surface area contributed by atoms with Gasteiger partial charge in [-0.05, 0) is 27.4 Å². The van der Waals surface area contributed by atoms with Gasteiger partial charge in [-0.1, -0.05) is 117 Å². The minimum Gasteiger partial charge on any atom is -0.343 e. The maximum atomic E-state index is 3.60. The summed E-state index contributed by atoms with van der Waals surface area (Å²) in [6.45, 7) is 12.2. The van der Waals surface area contributed by atoms with E-state index >= 15 is 0 Å². The third-order valence-corrected chi connectivity index (χ3v) is 8.10. The van der Waals surface area contributed by atoms with Crippen LogP contribution in [0.5, 0.6) is 0 Å². The molecule has 6 aromatic rings. The predicted molar refractivity (Wildman–Crippen MR) is 197 cm³/mol. The van der Waals surface area contributed by atoms with Gasteiger partial charge in [-0.25, -0.2) is 0 Å². The molecule has 0 spiro atoms. The third kappa shape index (κ3) is 11.9. The van der Waals surface area contributed by atoms with Crippen LogP contribution in [0.2, 0.25) is 0 Å². The van der Waals surface area contributed by atoms with E-state index in [1.807, 2.05) is 9.85 Å². The number of aryl methyl sites for hydroxylation is 2. The molecule has 0 aliphatic carbocycles. The van der Waals surface area contributed by atoms with Gasteiger partial charge < -0.3 is 13.3 Å². The predicted octanol–water partition coefficient (Wildman–Crippen LogP) is 11.1. The van der Waals surface area contributed by atoms with Crippen LogP contribution < -0.4 is 0 Å². The van der Waals surface area contributed by atoms with E-state index in [2.05, 4.69) is 168 Å². The summed E-state index contributed by atoms with van der Waals surface area (Å²) in [5.41, 5.74) is 6.77. The minimum absolute atomic E-state index is 0. The maximum absolute atomic E-state index is 3.60. The molecule has 0 radical (unpaired) electrons. The fraction of sp³-hybridized carbons (Fsp3) is 0.214. The van der Waals surface area contributed by atoms with Crippen LogP contribution in [-0.2, 0) is 32.6 Å². The smallest absolute Gasteiger partial charge is 0.343 e. The van der Waals surface area contributed by atoms with E-state index in [0.29, 0.717) is 0 Å². The van der Waals surface area contributed by atoms with Crippen molar-refractivity contribution in [3.05, 3.63) is 157 Å². The summed E-state index contributed by atoms with van der Waals surface area (Å²) in [4.78, 5) is 0. The number of hydrogen-bond donors (Lipinski definition) is 0. The number of unbranched alkanes of at least 4 members (excludes halogenated alkanes) is 2. The first-order chi connectivity index (χ1) is 21.0. The first-order valence-corrected chi connectivity index (χ1v) is 16.4. The van der Waals surface area contributed by atoms with Crippen molar-refractivity contribution in [2.75, 3.05) is 0 Å². The summed E-state index contributed by atoms with van der Waals surface area (Å²) in [7, 11) is 2.00. The SMILES string of the molecule is CCc1cc2ccccc2[cH-]1.C[CH-]CCC(=[SiH2])c1ccccc1.Cc1cc2c(-c3ccccc3)cccc2[cH-]1.[CH2-]CCC.[Zr+4]. The van der Waals surface area contributed by atoms with Gasteiger partial charge in [0.15, 0.2) is 0 Å². The number of benzene rings is 4. The molecule has 6 rings (SSSR count). The molecule has 0 unspecified atom stereocenters. The molecule has 0 saturated carbocycles. The van der Waals surface area contributed by atoms with Gasteiger partial charge in [-0.2, -0.15) is 31.9 Å². The molecule has 0 atom stereocenters. The molecule has 6 aromatic carbocycles. The van der Waals surface area contributed by atoms with Gasteiger partial charge in [0.25, 0.3) is 0 Å². The first-order valence-electron chi connectivity index (χ1n) is 15.7. The molecular formula is C42H48SiZr. The Balaban J connectivity index is 0.000000218. The van der Waals surface area contributed by atoms with Crippen molar-refractivity contribution in [1.82, 2.24) is 0 Å². The second-order valence-corrected chi connectivity index (χ2v) is 11.7. The zero-order valence-electron chi connectivity index (χ0n) is 27.2. The van der Waals surface area contributed by atoms with Crippen LogP contribution in [0.25, 0.3) is 32.7 Å². The largest absolute Gasteiger partial charge is 4.00 e. The first kappa shape index (κ1) is 37.3. The van der Waals surface area contributed by atoms with Gasteiger partial charge in [-0.15, -0.1) is 75.1 Å². The van der Waals surface area contributed by atoms with Gasteiger partial charge in [0.05, 0.1) is 0 Å². The summed E-state index contributed by atoms with van der Waals surface area (Å²) >= 11 is 0. The Morgan fingerprint density at radius 2 is 1.39 bits per heavy atom. The zero-order valence-corrected chi connectivity index (χ0v) is 31.0. The molecule has 0 aromatic heterocycles. The van der Waals surface area contributed by atoms with Crippen molar-refractivity contribution in [3.8, 4) is 11.1 Å². The van der Waals surface area contributed by atoms with Crippen molar-refractivity contribution < 1.29 is 26.2 Å². The average Bonchev–Trinajstić information content (AvgIpc) is 3.67. The number of rotatable bonds is 7. The zero-order chi connectivity index (χ0) is 30.9. The number of fused-ring (bicyclic) bond motifs is 2. The van der Waals surface area contributed by atoms with Crippen molar-refractivity contribution in [2.45, 2.75) is 59.8 Å². The Morgan fingerprint density at radius 1 is 0.773 bits per heavy atom. The number of hydrogen-bond acceptors (Lipinski definition) is 0. The minimum atomic E-state index is 0. The summed E-state index contributed by atoms with van der Waals surface area (Å²) < 4.78 is 0. The van der Waals surface area contributed by atoms with Crippen LogP contribution in [0.4, 0.5) is 0 Å². The molecular weight excluding hydrogens is 624 g/mol. The van der Waals surface area contributed by atoms with Crippen molar-refractivity contribution in [1.29, 1.82) is 0 Å². The Bertz CT molecular complexity index is 1590. The Hall–Kier alpha value is -2.93. The summed E-state index contributed by atoms with van der Waals surface area (Å²) in [5, 5.41) is 6.92. The van der Waals surface area contributed by atoms with Crippen LogP contribution in [0.1, 0.15) is 63.1 Å². The Morgan fingerprint density at radius 3 is 2.00 bits per heavy atom. The maximum Gasteiger partial charge on any atom is 4.00 e. The van der Waals surface area contributed by atoms with Crippen LogP contribution in [0.15, 0.2) is 127 Å². The van der Waals surface area contributed by atoms with E-state index in [-0.39, 0.29) is 26.2 Å². The normalized spacial score (nSPS) is 9.93. The van der Waals surface area contributed by atoms with Gasteiger partial charge in [0, 0.05) is 0 Å². The molecule has 0 aliphatic heterocycles. The van der Waals surface area contributed by atoms with E-state index in [1.165, 1.54) is 73.8 Å². The summed E-state index contributed by atoms with van der Waals surface area (Å²) in [6, 6.07) is 45.2. The third-order valence-electron chi connectivity index (χ3n) is 7.34. The van der Waals surface area contributed by atoms with E-state index < -0.39 is 0 Å². The van der Waals surface area contributed by atoms with E-state index in [1.54, 1.807) is 0 Å². The monoisotopic (exact) mass is 670 g/mol. The van der Waals surface area contributed by atoms with Crippen LogP contribution in [-0.4, -0.2) is 15.0 Å². The summed E-state index contributed by atoms with van der Waals surface area (Å²) in [5.74, 6) is 0. The molecule has 0 nitrogen and oxygen atoms in total. The second-order valence-electron chi connectivity index (χ2n) is 10.8. The van der Waals surface area contributed by atoms with Crippen LogP contribution in [0.3, 0.4) is 0 Å². The van der Waals surface area contributed by atoms with Crippen molar-refractivity contribution in [3.63, 3.8) is 0 Å². The van der Waals surface area contributed by atoms with Gasteiger partial charge in [0.1, 0.15) is 0 Å². The van der Waals surface area contributed by atoms with E-state index in [9.17, 15) is 0 Å². The van der Waals surface area contributed by atoms with Crippen LogP contribution in [0, 0.1) is 20.3 Å². The molecule has 2 heteroatoms. The second kappa shape index (κ2) is 20.9. The molecule has 0 saturated heterocycles. The van der Waals surface area contributed by atoms with Crippen LogP contribution >= 0.6 is 0 Å². The van der Waals surface area contributed by atoms with Gasteiger partial charge >= 0.3 is 26.2 Å². The van der Waals surface area contributed by atoms with Gasteiger partial charge in [-0.3, -0.25) is 0 Å². The van der Waals surface area contributed by atoms with Crippen molar-refractivity contribution in [2.24, 2.45) is 0 Å². The standard InChI is InChI=1S/C16H13.C11H15Si.C11H11.C4H9.Zr/c1-12-10-14-8-5-9-15(16(14)11-12)13-6-3-2-4-7-13;1-2-3-9-11(12)10-7-5-4-6-8-10;1-2-9-7-10-5-3-4-6-11(10)8-9;1-3-4-2;/h2-11H,1H3;2,4-8H,3,9,12H2,1H3;3-8H,2H2,1H3;1,3-4H2,2H3;/q4*-1;+4. The van der Waals surface area contributed by atoms with Crippen molar-refractivity contribution >= 4 is 36.6 Å². The van der Waals surface area contributed by atoms with E-state index in [4.69, 9.17) is 0 Å². The molecule has 44 heavy (non-hydrogen) atoms.